The number of rotatable bonds is 4. The Morgan fingerprint density at radius 3 is 2.52 bits per heavy atom. The normalized spacial score (nSPS) is 10.6. The zero-order valence-electron chi connectivity index (χ0n) is 13.2. The van der Waals surface area contributed by atoms with Gasteiger partial charge in [0, 0.05) is 36.4 Å². The van der Waals surface area contributed by atoms with Crippen LogP contribution >= 0.6 is 22.7 Å². The van der Waals surface area contributed by atoms with Crippen molar-refractivity contribution in [2.45, 2.75) is 6.92 Å². The monoisotopic (exact) mass is 343 g/mol. The first kappa shape index (κ1) is 15.7. The smallest absolute Gasteiger partial charge is 0.267 e. The Morgan fingerprint density at radius 2 is 1.91 bits per heavy atom. The highest BCUT2D eigenvalue weighted by Crippen LogP contribution is 2.30. The van der Waals surface area contributed by atoms with Gasteiger partial charge in [0.1, 0.15) is 9.88 Å². The summed E-state index contributed by atoms with van der Waals surface area (Å²) >= 11 is 3.05. The first-order valence-corrected chi connectivity index (χ1v) is 8.89. The van der Waals surface area contributed by atoms with E-state index in [9.17, 15) is 4.79 Å². The Labute approximate surface area is 143 Å². The average Bonchev–Trinajstić information content (AvgIpc) is 3.16. The summed E-state index contributed by atoms with van der Waals surface area (Å²) < 4.78 is 0. The number of nitrogens with zero attached hydrogens (tertiary/aromatic N) is 2. The molecule has 0 aliphatic heterocycles. The van der Waals surface area contributed by atoms with E-state index in [-0.39, 0.29) is 5.91 Å². The molecule has 3 rings (SSSR count). The van der Waals surface area contributed by atoms with Crippen molar-refractivity contribution in [3.63, 3.8) is 0 Å². The minimum Gasteiger partial charge on any atom is -0.378 e. The van der Waals surface area contributed by atoms with Gasteiger partial charge in [-0.3, -0.25) is 4.79 Å². The lowest BCUT2D eigenvalue weighted by molar-refractivity contribution is 0.103. The Balaban J connectivity index is 1.78. The Bertz CT molecular complexity index is 805. The number of carbonyl (C=O) groups is 1. The molecule has 1 aromatic carbocycles. The minimum absolute atomic E-state index is 0.112. The fourth-order valence-electron chi connectivity index (χ4n) is 2.15. The van der Waals surface area contributed by atoms with E-state index in [0.717, 1.165) is 27.6 Å². The number of benzene rings is 1. The predicted octanol–water partition coefficient (Wildman–Crippen LogP) is 4.50. The molecule has 3 aromatic rings. The maximum absolute atomic E-state index is 12.5. The molecule has 1 amide bonds. The van der Waals surface area contributed by atoms with E-state index < -0.39 is 0 Å². The van der Waals surface area contributed by atoms with Gasteiger partial charge in [0.15, 0.2) is 0 Å². The molecule has 23 heavy (non-hydrogen) atoms. The molecule has 6 heteroatoms. The fraction of sp³-hybridized carbons (Fsp3) is 0.176. The minimum atomic E-state index is -0.112. The first-order valence-electron chi connectivity index (χ1n) is 7.13. The van der Waals surface area contributed by atoms with Crippen molar-refractivity contribution in [1.82, 2.24) is 4.98 Å². The number of aromatic nitrogens is 1. The van der Waals surface area contributed by atoms with Crippen molar-refractivity contribution in [1.29, 1.82) is 0 Å². The largest absolute Gasteiger partial charge is 0.378 e. The molecule has 2 heterocycles. The van der Waals surface area contributed by atoms with Crippen molar-refractivity contribution in [3.8, 4) is 10.6 Å². The van der Waals surface area contributed by atoms with E-state index in [4.69, 9.17) is 0 Å². The number of hydrogen-bond donors (Lipinski definition) is 1. The molecule has 4 nitrogen and oxygen atoms in total. The number of aryl methyl sites for hydroxylation is 1. The SMILES string of the molecule is Cc1nc(-c2ccsc2)sc1C(=O)Nc1ccc(N(C)C)cc1. The van der Waals surface area contributed by atoms with E-state index >= 15 is 0 Å². The maximum Gasteiger partial charge on any atom is 0.267 e. The zero-order valence-corrected chi connectivity index (χ0v) is 14.8. The second-order valence-electron chi connectivity index (χ2n) is 5.34. The van der Waals surface area contributed by atoms with Gasteiger partial charge in [0.05, 0.1) is 5.69 Å². The van der Waals surface area contributed by atoms with Crippen LogP contribution in [0.1, 0.15) is 15.4 Å². The van der Waals surface area contributed by atoms with Crippen LogP contribution in [0.15, 0.2) is 41.1 Å². The van der Waals surface area contributed by atoms with Crippen LogP contribution in [-0.2, 0) is 0 Å². The van der Waals surface area contributed by atoms with Gasteiger partial charge < -0.3 is 10.2 Å². The van der Waals surface area contributed by atoms with E-state index in [1.165, 1.54) is 11.3 Å². The van der Waals surface area contributed by atoms with E-state index in [0.29, 0.717) is 4.88 Å². The van der Waals surface area contributed by atoms with Crippen LogP contribution < -0.4 is 10.2 Å². The molecule has 1 N–H and O–H groups in total. The molecule has 0 saturated carbocycles. The van der Waals surface area contributed by atoms with Gasteiger partial charge in [-0.15, -0.1) is 11.3 Å². The summed E-state index contributed by atoms with van der Waals surface area (Å²) in [6.45, 7) is 1.87. The second-order valence-corrected chi connectivity index (χ2v) is 7.12. The van der Waals surface area contributed by atoms with Gasteiger partial charge in [0.25, 0.3) is 5.91 Å². The summed E-state index contributed by atoms with van der Waals surface area (Å²) in [5.41, 5.74) is 3.71. The van der Waals surface area contributed by atoms with Gasteiger partial charge in [-0.05, 0) is 42.6 Å². The van der Waals surface area contributed by atoms with E-state index in [1.807, 2.05) is 67.0 Å². The number of anilines is 2. The van der Waals surface area contributed by atoms with Gasteiger partial charge in [-0.1, -0.05) is 0 Å². The third kappa shape index (κ3) is 3.43. The van der Waals surface area contributed by atoms with Crippen molar-refractivity contribution < 1.29 is 4.79 Å². The van der Waals surface area contributed by atoms with E-state index in [2.05, 4.69) is 10.3 Å². The van der Waals surface area contributed by atoms with Crippen LogP contribution in [0.3, 0.4) is 0 Å². The summed E-state index contributed by atoms with van der Waals surface area (Å²) in [6, 6.07) is 9.79. The van der Waals surface area contributed by atoms with Crippen molar-refractivity contribution in [3.05, 3.63) is 51.7 Å². The number of hydrogen-bond acceptors (Lipinski definition) is 5. The summed E-state index contributed by atoms with van der Waals surface area (Å²) in [4.78, 5) is 19.7. The zero-order chi connectivity index (χ0) is 16.4. The average molecular weight is 343 g/mol. The topological polar surface area (TPSA) is 45.2 Å². The lowest BCUT2D eigenvalue weighted by atomic mass is 10.2. The van der Waals surface area contributed by atoms with Gasteiger partial charge in [-0.2, -0.15) is 11.3 Å². The Kier molecular flexibility index (Phi) is 4.45. The molecule has 118 valence electrons. The number of thiophene rings is 1. The van der Waals surface area contributed by atoms with Crippen LogP contribution in [0.5, 0.6) is 0 Å². The third-order valence-corrected chi connectivity index (χ3v) is 5.30. The highest BCUT2D eigenvalue weighted by molar-refractivity contribution is 7.17. The molecule has 0 atom stereocenters. The summed E-state index contributed by atoms with van der Waals surface area (Å²) in [5.74, 6) is -0.112. The highest BCUT2D eigenvalue weighted by atomic mass is 32.1. The second kappa shape index (κ2) is 6.52. The molecular weight excluding hydrogens is 326 g/mol. The number of thiazole rings is 1. The van der Waals surface area contributed by atoms with Crippen LogP contribution in [-0.4, -0.2) is 25.0 Å². The maximum atomic E-state index is 12.5. The van der Waals surface area contributed by atoms with Crippen LogP contribution in [0, 0.1) is 6.92 Å². The number of amides is 1. The van der Waals surface area contributed by atoms with Gasteiger partial charge in [0.2, 0.25) is 0 Å². The number of carbonyl (C=O) groups excluding carboxylic acids is 1. The van der Waals surface area contributed by atoms with Crippen molar-refractivity contribution in [2.24, 2.45) is 0 Å². The molecule has 0 unspecified atom stereocenters. The Hall–Kier alpha value is -2.18. The van der Waals surface area contributed by atoms with Crippen molar-refractivity contribution >= 4 is 40.0 Å². The molecule has 0 spiro atoms. The lowest BCUT2D eigenvalue weighted by Gasteiger charge is -2.12. The fourth-order valence-corrected chi connectivity index (χ4v) is 3.82. The van der Waals surface area contributed by atoms with Crippen molar-refractivity contribution in [2.75, 3.05) is 24.3 Å². The summed E-state index contributed by atoms with van der Waals surface area (Å²) in [6.07, 6.45) is 0. The third-order valence-electron chi connectivity index (χ3n) is 3.41. The van der Waals surface area contributed by atoms with Crippen LogP contribution in [0.4, 0.5) is 11.4 Å². The predicted molar refractivity (Wildman–Crippen MR) is 98.9 cm³/mol. The van der Waals surface area contributed by atoms with Crippen LogP contribution in [0.25, 0.3) is 10.6 Å². The standard InChI is InChI=1S/C17H17N3OS2/c1-11-15(23-17(18-11)12-8-9-22-10-12)16(21)19-13-4-6-14(7-5-13)20(2)3/h4-10H,1-3H3,(H,19,21). The molecule has 0 saturated heterocycles. The molecule has 0 bridgehead atoms. The summed E-state index contributed by atoms with van der Waals surface area (Å²) in [7, 11) is 3.97. The molecule has 0 aliphatic carbocycles. The van der Waals surface area contributed by atoms with Gasteiger partial charge >= 0.3 is 0 Å². The van der Waals surface area contributed by atoms with E-state index in [1.54, 1.807) is 11.3 Å². The Morgan fingerprint density at radius 1 is 1.17 bits per heavy atom. The molecular formula is C17H17N3OS2. The molecule has 0 fully saturated rings. The number of nitrogens with one attached hydrogen (secondary N) is 1. The van der Waals surface area contributed by atoms with Crippen LogP contribution in [0.2, 0.25) is 0 Å². The molecule has 0 radical (unpaired) electrons. The first-order chi connectivity index (χ1) is 11.0. The van der Waals surface area contributed by atoms with Gasteiger partial charge in [-0.25, -0.2) is 4.98 Å². The molecule has 2 aromatic heterocycles. The highest BCUT2D eigenvalue weighted by Gasteiger charge is 2.16. The lowest BCUT2D eigenvalue weighted by Crippen LogP contribution is -2.12. The molecule has 0 aliphatic rings. The summed E-state index contributed by atoms with van der Waals surface area (Å²) in [5, 5.41) is 7.88. The quantitative estimate of drug-likeness (QED) is 0.759.